The normalized spacial score (nSPS) is 20.7. The van der Waals surface area contributed by atoms with Gasteiger partial charge in [0.2, 0.25) is 0 Å². The second kappa shape index (κ2) is 3.72. The average Bonchev–Trinajstić information content (AvgIpc) is 2.58. The quantitative estimate of drug-likeness (QED) is 0.508. The monoisotopic (exact) mass is 250 g/mol. The maximum atomic E-state index is 11.1. The SMILES string of the molecule is O=C(O)C1(C(=O)O)CCCC1(C(=O)O)C(=O)O.[HH].[HH]. The van der Waals surface area contributed by atoms with Crippen LogP contribution in [0.3, 0.4) is 0 Å². The van der Waals surface area contributed by atoms with E-state index in [2.05, 4.69) is 0 Å². The van der Waals surface area contributed by atoms with Gasteiger partial charge in [0.15, 0.2) is 10.8 Å². The Kier molecular flexibility index (Phi) is 2.83. The van der Waals surface area contributed by atoms with Crippen molar-refractivity contribution in [1.29, 1.82) is 0 Å². The molecule has 0 aromatic heterocycles. The summed E-state index contributed by atoms with van der Waals surface area (Å²) in [6.07, 6.45) is -1.12. The highest BCUT2D eigenvalue weighted by atomic mass is 16.4. The first-order valence-corrected chi connectivity index (χ1v) is 4.67. The molecular weight excluding hydrogens is 236 g/mol. The van der Waals surface area contributed by atoms with Crippen molar-refractivity contribution >= 4 is 23.9 Å². The minimum absolute atomic E-state index is 0. The number of carboxylic acids is 4. The van der Waals surface area contributed by atoms with Crippen LogP contribution in [0, 0.1) is 10.8 Å². The van der Waals surface area contributed by atoms with Crippen LogP contribution in [-0.2, 0) is 19.2 Å². The van der Waals surface area contributed by atoms with E-state index in [0.29, 0.717) is 0 Å². The third kappa shape index (κ3) is 1.30. The molecule has 1 rings (SSSR count). The van der Waals surface area contributed by atoms with E-state index in [4.69, 9.17) is 20.4 Å². The highest BCUT2D eigenvalue weighted by Gasteiger charge is 2.73. The van der Waals surface area contributed by atoms with Crippen LogP contribution in [-0.4, -0.2) is 44.3 Å². The molecule has 1 aliphatic rings. The maximum absolute atomic E-state index is 11.1. The zero-order valence-corrected chi connectivity index (χ0v) is 8.54. The Morgan fingerprint density at radius 2 is 0.941 bits per heavy atom. The van der Waals surface area contributed by atoms with Crippen molar-refractivity contribution in [1.82, 2.24) is 0 Å². The second-order valence-corrected chi connectivity index (χ2v) is 3.88. The molecule has 0 unspecified atom stereocenters. The molecular formula is C9H14O8. The molecule has 8 heteroatoms. The molecule has 1 fully saturated rings. The van der Waals surface area contributed by atoms with Gasteiger partial charge >= 0.3 is 23.9 Å². The molecule has 0 amide bonds. The van der Waals surface area contributed by atoms with Crippen molar-refractivity contribution in [2.45, 2.75) is 19.3 Å². The molecule has 0 spiro atoms. The van der Waals surface area contributed by atoms with Gasteiger partial charge < -0.3 is 20.4 Å². The summed E-state index contributed by atoms with van der Waals surface area (Å²) in [6.45, 7) is 0. The summed E-state index contributed by atoms with van der Waals surface area (Å²) in [5.74, 6) is -7.75. The number of aliphatic carboxylic acids is 4. The molecule has 0 heterocycles. The summed E-state index contributed by atoms with van der Waals surface area (Å²) in [5, 5.41) is 35.8. The standard InChI is InChI=1S/C9H10O8.2H2/c10-4(11)8(5(12)13)2-1-3-9(8,6(14)15)7(16)17;;/h1-3H2,(H,10,11)(H,12,13)(H,14,15)(H,16,17);2*1H. The highest BCUT2D eigenvalue weighted by Crippen LogP contribution is 2.54. The van der Waals surface area contributed by atoms with Crippen LogP contribution in [0.2, 0.25) is 0 Å². The summed E-state index contributed by atoms with van der Waals surface area (Å²) in [4.78, 5) is 44.3. The fourth-order valence-corrected chi connectivity index (χ4v) is 2.39. The molecule has 0 aromatic carbocycles. The lowest BCUT2D eigenvalue weighted by Crippen LogP contribution is -2.57. The van der Waals surface area contributed by atoms with E-state index in [1.807, 2.05) is 0 Å². The van der Waals surface area contributed by atoms with Crippen LogP contribution in [0.15, 0.2) is 0 Å². The van der Waals surface area contributed by atoms with Gasteiger partial charge in [0.25, 0.3) is 0 Å². The molecule has 8 nitrogen and oxygen atoms in total. The zero-order chi connectivity index (χ0) is 13.4. The molecule has 0 saturated heterocycles. The minimum Gasteiger partial charge on any atom is -0.480 e. The van der Waals surface area contributed by atoms with Crippen molar-refractivity contribution in [3.63, 3.8) is 0 Å². The third-order valence-corrected chi connectivity index (χ3v) is 3.29. The van der Waals surface area contributed by atoms with E-state index < -0.39 is 47.5 Å². The van der Waals surface area contributed by atoms with Gasteiger partial charge in [0.05, 0.1) is 0 Å². The van der Waals surface area contributed by atoms with E-state index >= 15 is 0 Å². The Morgan fingerprint density at radius 3 is 1.12 bits per heavy atom. The average molecular weight is 250 g/mol. The lowest BCUT2D eigenvalue weighted by molar-refractivity contribution is -0.191. The third-order valence-electron chi connectivity index (χ3n) is 3.29. The molecule has 0 atom stereocenters. The van der Waals surface area contributed by atoms with Crippen molar-refractivity contribution < 1.29 is 42.5 Å². The van der Waals surface area contributed by atoms with Gasteiger partial charge in [-0.05, 0) is 19.3 Å². The molecule has 1 saturated carbocycles. The van der Waals surface area contributed by atoms with E-state index in [-0.39, 0.29) is 9.27 Å². The van der Waals surface area contributed by atoms with Gasteiger partial charge in [-0.3, -0.25) is 19.2 Å². The number of carbonyl (C=O) groups is 4. The lowest BCUT2D eigenvalue weighted by atomic mass is 9.65. The summed E-state index contributed by atoms with van der Waals surface area (Å²) >= 11 is 0. The van der Waals surface area contributed by atoms with Gasteiger partial charge in [0, 0.05) is 2.85 Å². The zero-order valence-electron chi connectivity index (χ0n) is 8.54. The van der Waals surface area contributed by atoms with Crippen molar-refractivity contribution in [3.05, 3.63) is 0 Å². The minimum atomic E-state index is -2.81. The first-order chi connectivity index (χ1) is 7.73. The van der Waals surface area contributed by atoms with Crippen molar-refractivity contribution in [2.24, 2.45) is 10.8 Å². The van der Waals surface area contributed by atoms with Crippen molar-refractivity contribution in [2.75, 3.05) is 0 Å². The number of carboxylic acid groups (broad SMARTS) is 4. The van der Waals surface area contributed by atoms with E-state index in [1.165, 1.54) is 0 Å². The summed E-state index contributed by atoms with van der Waals surface area (Å²) in [6, 6.07) is 0. The number of hydrogen-bond donors (Lipinski definition) is 4. The van der Waals surface area contributed by atoms with Crippen LogP contribution in [0.1, 0.15) is 22.1 Å². The predicted octanol–water partition coefficient (Wildman–Crippen LogP) is -0.0265. The Balaban J connectivity index is 0. The summed E-state index contributed by atoms with van der Waals surface area (Å²) in [5.41, 5.74) is -5.63. The van der Waals surface area contributed by atoms with Gasteiger partial charge in [-0.2, -0.15) is 0 Å². The second-order valence-electron chi connectivity index (χ2n) is 3.88. The number of hydrogen-bond acceptors (Lipinski definition) is 4. The Labute approximate surface area is 97.4 Å². The molecule has 17 heavy (non-hydrogen) atoms. The molecule has 0 radical (unpaired) electrons. The Hall–Kier alpha value is -2.12. The summed E-state index contributed by atoms with van der Waals surface area (Å²) in [7, 11) is 0. The fourth-order valence-electron chi connectivity index (χ4n) is 2.39. The smallest absolute Gasteiger partial charge is 0.322 e. The van der Waals surface area contributed by atoms with Gasteiger partial charge in [-0.25, -0.2) is 0 Å². The van der Waals surface area contributed by atoms with Gasteiger partial charge in [-0.15, -0.1) is 0 Å². The Morgan fingerprint density at radius 1 is 0.706 bits per heavy atom. The van der Waals surface area contributed by atoms with Crippen LogP contribution in [0.4, 0.5) is 0 Å². The van der Waals surface area contributed by atoms with Crippen molar-refractivity contribution in [3.8, 4) is 0 Å². The van der Waals surface area contributed by atoms with E-state index in [9.17, 15) is 19.2 Å². The molecule has 0 bridgehead atoms. The largest absolute Gasteiger partial charge is 0.480 e. The van der Waals surface area contributed by atoms with Gasteiger partial charge in [-0.1, -0.05) is 0 Å². The predicted molar refractivity (Wildman–Crippen MR) is 53.5 cm³/mol. The van der Waals surface area contributed by atoms with Crippen LogP contribution in [0.25, 0.3) is 0 Å². The van der Waals surface area contributed by atoms with E-state index in [0.717, 1.165) is 0 Å². The van der Waals surface area contributed by atoms with Crippen LogP contribution in [0.5, 0.6) is 0 Å². The first kappa shape index (κ1) is 12.9. The highest BCUT2D eigenvalue weighted by molar-refractivity contribution is 6.13. The Bertz CT molecular complexity index is 352. The first-order valence-electron chi connectivity index (χ1n) is 4.67. The van der Waals surface area contributed by atoms with Crippen LogP contribution < -0.4 is 0 Å². The van der Waals surface area contributed by atoms with Crippen LogP contribution >= 0.6 is 0 Å². The molecule has 0 aliphatic heterocycles. The van der Waals surface area contributed by atoms with E-state index in [1.54, 1.807) is 0 Å². The molecule has 4 N–H and O–H groups in total. The lowest BCUT2D eigenvalue weighted by Gasteiger charge is -2.32. The summed E-state index contributed by atoms with van der Waals surface area (Å²) < 4.78 is 0. The van der Waals surface area contributed by atoms with Gasteiger partial charge in [0.1, 0.15) is 0 Å². The fraction of sp³-hybridized carbons (Fsp3) is 0.556. The molecule has 1 aliphatic carbocycles. The maximum Gasteiger partial charge on any atom is 0.322 e. The molecule has 98 valence electrons. The number of rotatable bonds is 4. The molecule has 0 aromatic rings. The topological polar surface area (TPSA) is 149 Å².